The molecule has 3 rings (SSSR count). The standard InChI is InChI=1S/C21H23Cl2N3O3/c1-3-29-19-12-15(4-6-18(19)28-2)5-7-20(27)25-8-10-26(11-9-25)21-17(23)13-16(22)14-24-21/h4-7,12-14H,3,8-11H2,1-2H3. The zero-order chi connectivity index (χ0) is 20.8. The minimum absolute atomic E-state index is 0.0337. The van der Waals surface area contributed by atoms with Crippen molar-refractivity contribution in [3.63, 3.8) is 0 Å². The minimum Gasteiger partial charge on any atom is -0.493 e. The van der Waals surface area contributed by atoms with E-state index < -0.39 is 0 Å². The summed E-state index contributed by atoms with van der Waals surface area (Å²) in [6.07, 6.45) is 4.95. The van der Waals surface area contributed by atoms with Gasteiger partial charge in [0.1, 0.15) is 5.82 Å². The fourth-order valence-electron chi connectivity index (χ4n) is 3.12. The molecule has 0 aliphatic carbocycles. The smallest absolute Gasteiger partial charge is 0.246 e. The monoisotopic (exact) mass is 435 g/mol. The van der Waals surface area contributed by atoms with Crippen molar-refractivity contribution in [3.8, 4) is 11.5 Å². The number of ether oxygens (including phenoxy) is 2. The maximum Gasteiger partial charge on any atom is 0.246 e. The molecule has 1 aliphatic heterocycles. The number of carbonyl (C=O) groups excluding carboxylic acids is 1. The van der Waals surface area contributed by atoms with Crippen molar-refractivity contribution in [1.82, 2.24) is 9.88 Å². The number of piperazine rings is 1. The van der Waals surface area contributed by atoms with E-state index in [9.17, 15) is 4.79 Å². The molecule has 8 heteroatoms. The highest BCUT2D eigenvalue weighted by molar-refractivity contribution is 6.36. The van der Waals surface area contributed by atoms with Crippen LogP contribution in [0.25, 0.3) is 6.08 Å². The van der Waals surface area contributed by atoms with Gasteiger partial charge >= 0.3 is 0 Å². The molecule has 0 radical (unpaired) electrons. The first kappa shape index (κ1) is 21.3. The van der Waals surface area contributed by atoms with E-state index in [4.69, 9.17) is 32.7 Å². The first-order valence-electron chi connectivity index (χ1n) is 9.35. The Morgan fingerprint density at radius 1 is 1.17 bits per heavy atom. The first-order chi connectivity index (χ1) is 14.0. The van der Waals surface area contributed by atoms with Gasteiger partial charge in [-0.15, -0.1) is 0 Å². The molecule has 1 aliphatic rings. The van der Waals surface area contributed by atoms with E-state index >= 15 is 0 Å². The summed E-state index contributed by atoms with van der Waals surface area (Å²) < 4.78 is 10.9. The minimum atomic E-state index is -0.0337. The number of methoxy groups -OCH3 is 1. The van der Waals surface area contributed by atoms with Gasteiger partial charge in [-0.2, -0.15) is 0 Å². The molecule has 1 aromatic carbocycles. The summed E-state index contributed by atoms with van der Waals surface area (Å²) in [7, 11) is 1.60. The quantitative estimate of drug-likeness (QED) is 0.637. The van der Waals surface area contributed by atoms with Gasteiger partial charge in [0.15, 0.2) is 11.5 Å². The predicted molar refractivity (Wildman–Crippen MR) is 116 cm³/mol. The number of pyridine rings is 1. The molecule has 1 saturated heterocycles. The second-order valence-corrected chi connectivity index (χ2v) is 7.29. The van der Waals surface area contributed by atoms with Crippen LogP contribution in [0.15, 0.2) is 36.5 Å². The van der Waals surface area contributed by atoms with Gasteiger partial charge in [-0.25, -0.2) is 4.98 Å². The average molecular weight is 436 g/mol. The molecular formula is C21H23Cl2N3O3. The molecule has 29 heavy (non-hydrogen) atoms. The van der Waals surface area contributed by atoms with Crippen LogP contribution in [0, 0.1) is 0 Å². The lowest BCUT2D eigenvalue weighted by Gasteiger charge is -2.35. The number of aromatic nitrogens is 1. The molecular weight excluding hydrogens is 413 g/mol. The Labute approximate surface area is 180 Å². The zero-order valence-corrected chi connectivity index (χ0v) is 17.9. The predicted octanol–water partition coefficient (Wildman–Crippen LogP) is 4.16. The molecule has 0 atom stereocenters. The van der Waals surface area contributed by atoms with Gasteiger partial charge in [-0.05, 0) is 36.8 Å². The van der Waals surface area contributed by atoms with E-state index in [1.165, 1.54) is 0 Å². The maximum atomic E-state index is 12.6. The molecule has 0 bridgehead atoms. The fraction of sp³-hybridized carbons (Fsp3) is 0.333. The maximum absolute atomic E-state index is 12.6. The van der Waals surface area contributed by atoms with Crippen LogP contribution in [-0.4, -0.2) is 55.7 Å². The molecule has 2 heterocycles. The highest BCUT2D eigenvalue weighted by atomic mass is 35.5. The molecule has 154 valence electrons. The molecule has 0 saturated carbocycles. The highest BCUT2D eigenvalue weighted by Gasteiger charge is 2.22. The third-order valence-corrected chi connectivity index (χ3v) is 5.07. The van der Waals surface area contributed by atoms with Gasteiger partial charge in [0, 0.05) is 38.5 Å². The van der Waals surface area contributed by atoms with E-state index in [0.717, 1.165) is 5.56 Å². The summed E-state index contributed by atoms with van der Waals surface area (Å²) >= 11 is 12.1. The van der Waals surface area contributed by atoms with E-state index in [1.54, 1.807) is 31.5 Å². The Morgan fingerprint density at radius 2 is 1.93 bits per heavy atom. The molecule has 6 nitrogen and oxygen atoms in total. The van der Waals surface area contributed by atoms with Crippen molar-refractivity contribution in [2.24, 2.45) is 0 Å². The van der Waals surface area contributed by atoms with Gasteiger partial charge in [-0.3, -0.25) is 4.79 Å². The van der Waals surface area contributed by atoms with Crippen LogP contribution in [0.4, 0.5) is 5.82 Å². The summed E-state index contributed by atoms with van der Waals surface area (Å²) in [6.45, 7) is 4.96. The van der Waals surface area contributed by atoms with Crippen molar-refractivity contribution in [2.75, 3.05) is 44.8 Å². The van der Waals surface area contributed by atoms with Crippen molar-refractivity contribution in [2.45, 2.75) is 6.92 Å². The van der Waals surface area contributed by atoms with E-state index in [0.29, 0.717) is 60.1 Å². The van der Waals surface area contributed by atoms with E-state index in [1.807, 2.05) is 30.0 Å². The lowest BCUT2D eigenvalue weighted by molar-refractivity contribution is -0.126. The molecule has 0 N–H and O–H groups in total. The van der Waals surface area contributed by atoms with E-state index in [-0.39, 0.29) is 5.91 Å². The van der Waals surface area contributed by atoms with Gasteiger partial charge in [-0.1, -0.05) is 29.3 Å². The van der Waals surface area contributed by atoms with Crippen LogP contribution in [0.3, 0.4) is 0 Å². The summed E-state index contributed by atoms with van der Waals surface area (Å²) in [5, 5.41) is 1.02. The largest absolute Gasteiger partial charge is 0.493 e. The van der Waals surface area contributed by atoms with Crippen LogP contribution in [0.2, 0.25) is 10.0 Å². The number of nitrogens with zero attached hydrogens (tertiary/aromatic N) is 3. The van der Waals surface area contributed by atoms with Crippen molar-refractivity contribution >= 4 is 41.0 Å². The summed E-state index contributed by atoms with van der Waals surface area (Å²) in [5.41, 5.74) is 0.874. The van der Waals surface area contributed by atoms with E-state index in [2.05, 4.69) is 9.88 Å². The van der Waals surface area contributed by atoms with Crippen molar-refractivity contribution in [1.29, 1.82) is 0 Å². The number of carbonyl (C=O) groups is 1. The zero-order valence-electron chi connectivity index (χ0n) is 16.4. The summed E-state index contributed by atoms with van der Waals surface area (Å²) in [4.78, 5) is 20.7. The van der Waals surface area contributed by atoms with Gasteiger partial charge < -0.3 is 19.3 Å². The molecule has 0 unspecified atom stereocenters. The number of anilines is 1. The van der Waals surface area contributed by atoms with Crippen molar-refractivity contribution < 1.29 is 14.3 Å². The van der Waals surface area contributed by atoms with Crippen LogP contribution in [0.1, 0.15) is 12.5 Å². The molecule has 2 aromatic rings. The topological polar surface area (TPSA) is 54.9 Å². The lowest BCUT2D eigenvalue weighted by atomic mass is 10.2. The van der Waals surface area contributed by atoms with Crippen LogP contribution < -0.4 is 14.4 Å². The Balaban J connectivity index is 1.60. The molecule has 1 amide bonds. The average Bonchev–Trinajstić information content (AvgIpc) is 2.72. The van der Waals surface area contributed by atoms with Crippen LogP contribution in [-0.2, 0) is 4.79 Å². The number of amides is 1. The summed E-state index contributed by atoms with van der Waals surface area (Å²) in [6, 6.07) is 7.25. The normalized spacial score (nSPS) is 14.3. The second-order valence-electron chi connectivity index (χ2n) is 6.45. The lowest BCUT2D eigenvalue weighted by Crippen LogP contribution is -2.48. The fourth-order valence-corrected chi connectivity index (χ4v) is 3.62. The van der Waals surface area contributed by atoms with Crippen molar-refractivity contribution in [3.05, 3.63) is 52.1 Å². The van der Waals surface area contributed by atoms with Crippen LogP contribution in [0.5, 0.6) is 11.5 Å². The number of hydrogen-bond donors (Lipinski definition) is 0. The number of hydrogen-bond acceptors (Lipinski definition) is 5. The van der Waals surface area contributed by atoms with Gasteiger partial charge in [0.2, 0.25) is 5.91 Å². The molecule has 0 spiro atoms. The third-order valence-electron chi connectivity index (χ3n) is 4.59. The Kier molecular flexibility index (Phi) is 7.23. The number of benzene rings is 1. The number of rotatable bonds is 6. The van der Waals surface area contributed by atoms with Gasteiger partial charge in [0.05, 0.1) is 23.8 Å². The molecule has 1 aromatic heterocycles. The Morgan fingerprint density at radius 3 is 2.59 bits per heavy atom. The Hall–Kier alpha value is -2.44. The van der Waals surface area contributed by atoms with Crippen LogP contribution >= 0.6 is 23.2 Å². The number of halogens is 2. The third kappa shape index (κ3) is 5.34. The SMILES string of the molecule is CCOc1cc(C=CC(=O)N2CCN(c3ncc(Cl)cc3Cl)CC2)ccc1OC. The Bertz CT molecular complexity index is 897. The highest BCUT2D eigenvalue weighted by Crippen LogP contribution is 2.29. The first-order valence-corrected chi connectivity index (χ1v) is 10.1. The second kappa shape index (κ2) is 9.85. The van der Waals surface area contributed by atoms with Gasteiger partial charge in [0.25, 0.3) is 0 Å². The summed E-state index contributed by atoms with van der Waals surface area (Å²) in [5.74, 6) is 1.99. The molecule has 1 fully saturated rings.